The van der Waals surface area contributed by atoms with Gasteiger partial charge in [0.25, 0.3) is 0 Å². The average molecular weight is 1220 g/mol. The van der Waals surface area contributed by atoms with Crippen LogP contribution in [0.25, 0.3) is 205 Å². The summed E-state index contributed by atoms with van der Waals surface area (Å²) in [7, 11) is 0. The molecule has 1 aliphatic rings. The molecule has 1 aliphatic carbocycles. The van der Waals surface area contributed by atoms with Crippen LogP contribution >= 0.6 is 0 Å². The molecule has 0 aliphatic heterocycles. The number of aromatic nitrogens is 6. The van der Waals surface area contributed by atoms with Gasteiger partial charge in [0.2, 0.25) is 0 Å². The quantitative estimate of drug-likeness (QED) is 0.152. The molecular formula is C89H52N6O. The lowest BCUT2D eigenvalue weighted by Crippen LogP contribution is -2.01. The van der Waals surface area contributed by atoms with Gasteiger partial charge in [-0.3, -0.25) is 0 Å². The Bertz CT molecular complexity index is 6630. The summed E-state index contributed by atoms with van der Waals surface area (Å²) in [5.74, 6) is 1.88. The third-order valence-corrected chi connectivity index (χ3v) is 20.2. The molecule has 15 aromatic carbocycles. The molecule has 0 spiro atoms. The Hall–Kier alpha value is -13.0. The minimum atomic E-state index is 0.615. The molecule has 0 saturated heterocycles. The van der Waals surface area contributed by atoms with Gasteiger partial charge in [0.1, 0.15) is 11.2 Å². The third-order valence-electron chi connectivity index (χ3n) is 20.2. The van der Waals surface area contributed by atoms with Crippen LogP contribution in [-0.2, 0) is 0 Å². The first-order valence-electron chi connectivity index (χ1n) is 32.7. The summed E-state index contributed by atoms with van der Waals surface area (Å²) in [6, 6.07) is 115. The van der Waals surface area contributed by atoms with Crippen LogP contribution in [-0.4, -0.2) is 28.7 Å². The van der Waals surface area contributed by atoms with E-state index in [4.69, 9.17) is 19.4 Å². The highest BCUT2D eigenvalue weighted by atomic mass is 16.3. The molecule has 0 fully saturated rings. The van der Waals surface area contributed by atoms with E-state index < -0.39 is 0 Å². The number of rotatable bonds is 8. The van der Waals surface area contributed by atoms with E-state index in [1.165, 1.54) is 81.7 Å². The van der Waals surface area contributed by atoms with Gasteiger partial charge in [-0.2, -0.15) is 0 Å². The Morgan fingerprint density at radius 3 is 1.51 bits per heavy atom. The van der Waals surface area contributed by atoms with E-state index in [0.29, 0.717) is 17.5 Å². The Balaban J connectivity index is 0.737. The van der Waals surface area contributed by atoms with E-state index in [1.54, 1.807) is 0 Å². The highest BCUT2D eigenvalue weighted by Gasteiger charge is 2.28. The number of furan rings is 1. The van der Waals surface area contributed by atoms with Crippen molar-refractivity contribution in [2.45, 2.75) is 0 Å². The van der Waals surface area contributed by atoms with Gasteiger partial charge in [-0.1, -0.05) is 231 Å². The standard InChI is InChI=1S/C89H52N6O/c1-3-20-55(21-4-1)87-90-88(56-22-5-2-6-23-56)92-89(91-87)58-25-16-27-61(50-58)95-75-36-17-34-68-65-29-9-10-30-66(65)70-45-44-62(69-46-48-77(95)86(84(69)70)85(68)75)54-39-42-59(43-40-54)93-76-47-41-53-19-7-8-28-63(53)82(76)73-51-72-67-31-11-13-35-74(67)94(78(72)52-79(73)93)60-26-15-24-57(49-60)64-33-18-38-81-83(64)71-32-12-14-37-80(71)96-81/h1-52H. The van der Waals surface area contributed by atoms with Crippen LogP contribution in [0.4, 0.5) is 0 Å². The van der Waals surface area contributed by atoms with Gasteiger partial charge in [-0.05, 0) is 146 Å². The summed E-state index contributed by atoms with van der Waals surface area (Å²) in [6.45, 7) is 0. The summed E-state index contributed by atoms with van der Waals surface area (Å²) in [5.41, 5.74) is 24.1. The fourth-order valence-corrected chi connectivity index (χ4v) is 16.1. The highest BCUT2D eigenvalue weighted by Crippen LogP contribution is 2.52. The lowest BCUT2D eigenvalue weighted by Gasteiger charge is -2.16. The van der Waals surface area contributed by atoms with E-state index in [9.17, 15) is 0 Å². The first-order chi connectivity index (χ1) is 47.6. The molecule has 20 aromatic rings. The van der Waals surface area contributed by atoms with E-state index in [1.807, 2.05) is 42.5 Å². The molecule has 21 rings (SSSR count). The van der Waals surface area contributed by atoms with Gasteiger partial charge in [0.05, 0.1) is 33.1 Å². The lowest BCUT2D eigenvalue weighted by molar-refractivity contribution is 0.669. The van der Waals surface area contributed by atoms with Crippen molar-refractivity contribution < 1.29 is 4.42 Å². The maximum absolute atomic E-state index is 6.40. The smallest absolute Gasteiger partial charge is 0.164 e. The average Bonchev–Trinajstić information content (AvgIpc) is 1.54. The van der Waals surface area contributed by atoms with E-state index in [0.717, 1.165) is 105 Å². The molecule has 0 amide bonds. The first kappa shape index (κ1) is 52.6. The first-order valence-corrected chi connectivity index (χ1v) is 32.7. The molecule has 5 aromatic heterocycles. The number of hydrogen-bond acceptors (Lipinski definition) is 4. The molecule has 96 heavy (non-hydrogen) atoms. The number of benzene rings is 15. The highest BCUT2D eigenvalue weighted by molar-refractivity contribution is 6.32. The molecule has 0 radical (unpaired) electrons. The van der Waals surface area contributed by atoms with Gasteiger partial charge in [-0.15, -0.1) is 0 Å². The van der Waals surface area contributed by atoms with Crippen molar-refractivity contribution >= 4 is 109 Å². The molecular weight excluding hydrogens is 1170 g/mol. The zero-order chi connectivity index (χ0) is 62.7. The predicted molar refractivity (Wildman–Crippen MR) is 397 cm³/mol. The summed E-state index contributed by atoms with van der Waals surface area (Å²) < 4.78 is 13.8. The Morgan fingerprint density at radius 1 is 0.208 bits per heavy atom. The van der Waals surface area contributed by atoms with Crippen LogP contribution in [0.2, 0.25) is 0 Å². The topological polar surface area (TPSA) is 66.6 Å². The molecule has 7 heteroatoms. The number of nitrogens with zero attached hydrogens (tertiary/aromatic N) is 6. The van der Waals surface area contributed by atoms with Crippen LogP contribution in [0.3, 0.4) is 0 Å². The minimum Gasteiger partial charge on any atom is -0.456 e. The van der Waals surface area contributed by atoms with Crippen molar-refractivity contribution in [1.82, 2.24) is 28.7 Å². The zero-order valence-corrected chi connectivity index (χ0v) is 51.6. The van der Waals surface area contributed by atoms with Crippen molar-refractivity contribution in [1.29, 1.82) is 0 Å². The minimum absolute atomic E-state index is 0.615. The summed E-state index contributed by atoms with van der Waals surface area (Å²) >= 11 is 0. The fraction of sp³-hybridized carbons (Fsp3) is 0. The van der Waals surface area contributed by atoms with E-state index in [2.05, 4.69) is 287 Å². The SMILES string of the molecule is c1ccc(-c2nc(-c3ccccc3)nc(-c3cccc(-n4c5cccc6c5c5c7c(ccc(-c8ccc(-n9c%10cc%11c(cc%10c%10c%12ccccc%12ccc%109)c9ccccc9n%11-c9cccc(-c%10cccc%11oc%12ccccc%12c%10%11)c9)cc8)c7ccc54)-c4ccccc4-6)c3)n2)cc1. The Kier molecular flexibility index (Phi) is 11.1. The van der Waals surface area contributed by atoms with Gasteiger partial charge in [-0.25, -0.2) is 15.0 Å². The second-order valence-electron chi connectivity index (χ2n) is 25.3. The molecule has 0 bridgehead atoms. The maximum Gasteiger partial charge on any atom is 0.164 e. The van der Waals surface area contributed by atoms with E-state index in [-0.39, 0.29) is 0 Å². The van der Waals surface area contributed by atoms with Gasteiger partial charge in [0, 0.05) is 82.2 Å². The summed E-state index contributed by atoms with van der Waals surface area (Å²) in [6.07, 6.45) is 0. The normalized spacial score (nSPS) is 12.2. The van der Waals surface area contributed by atoms with Gasteiger partial charge < -0.3 is 18.1 Å². The number of fused-ring (bicyclic) bond motifs is 14. The van der Waals surface area contributed by atoms with Crippen molar-refractivity contribution in [3.8, 4) is 95.7 Å². The molecule has 0 atom stereocenters. The lowest BCUT2D eigenvalue weighted by atomic mass is 9.89. The Morgan fingerprint density at radius 2 is 0.729 bits per heavy atom. The summed E-state index contributed by atoms with van der Waals surface area (Å²) in [4.78, 5) is 15.3. The van der Waals surface area contributed by atoms with Crippen LogP contribution in [0, 0.1) is 0 Å². The molecule has 0 saturated carbocycles. The molecule has 5 heterocycles. The maximum atomic E-state index is 6.40. The second-order valence-corrected chi connectivity index (χ2v) is 25.3. The molecule has 0 N–H and O–H groups in total. The fourth-order valence-electron chi connectivity index (χ4n) is 16.1. The third kappa shape index (κ3) is 7.68. The van der Waals surface area contributed by atoms with Crippen LogP contribution in [0.15, 0.2) is 320 Å². The second kappa shape index (κ2) is 20.3. The van der Waals surface area contributed by atoms with Crippen LogP contribution < -0.4 is 0 Å². The molecule has 0 unspecified atom stereocenters. The number of hydrogen-bond donors (Lipinski definition) is 0. The Labute approximate surface area is 549 Å². The van der Waals surface area contributed by atoms with Crippen molar-refractivity contribution in [3.63, 3.8) is 0 Å². The number of para-hydroxylation sites is 2. The van der Waals surface area contributed by atoms with Crippen molar-refractivity contribution in [2.75, 3.05) is 0 Å². The van der Waals surface area contributed by atoms with Crippen molar-refractivity contribution in [2.24, 2.45) is 0 Å². The van der Waals surface area contributed by atoms with E-state index >= 15 is 0 Å². The summed E-state index contributed by atoms with van der Waals surface area (Å²) in [5, 5.41) is 14.5. The monoisotopic (exact) mass is 1220 g/mol. The van der Waals surface area contributed by atoms with Gasteiger partial charge in [0.15, 0.2) is 17.5 Å². The molecule has 7 nitrogen and oxygen atoms in total. The molecule has 444 valence electrons. The van der Waals surface area contributed by atoms with Crippen LogP contribution in [0.1, 0.15) is 0 Å². The zero-order valence-electron chi connectivity index (χ0n) is 51.6. The largest absolute Gasteiger partial charge is 0.456 e. The van der Waals surface area contributed by atoms with Gasteiger partial charge >= 0.3 is 0 Å². The van der Waals surface area contributed by atoms with Crippen LogP contribution in [0.5, 0.6) is 0 Å². The van der Waals surface area contributed by atoms with Crippen molar-refractivity contribution in [3.05, 3.63) is 315 Å². The predicted octanol–water partition coefficient (Wildman–Crippen LogP) is 23.4.